The van der Waals surface area contributed by atoms with E-state index in [1.807, 2.05) is 18.2 Å². The standard InChI is InChI=1S/C23H30N2O2/c1-27-18-23(13-15-24-16-14-23)22(26)25-21-12-6-11-20(17-21)10-5-9-19-7-3-2-4-8-19/h2-4,6-8,11-12,17,24H,5,9-10,13-16,18H2,1H3,(H,25,26). The van der Waals surface area contributed by atoms with Gasteiger partial charge in [-0.25, -0.2) is 0 Å². The van der Waals surface area contributed by atoms with Crippen LogP contribution in [0.25, 0.3) is 0 Å². The Kier molecular flexibility index (Phi) is 7.02. The highest BCUT2D eigenvalue weighted by atomic mass is 16.5. The first-order chi connectivity index (χ1) is 13.2. The lowest BCUT2D eigenvalue weighted by Gasteiger charge is -2.35. The SMILES string of the molecule is COCC1(C(=O)Nc2cccc(CCCc3ccccc3)c2)CCNCC1. The second kappa shape index (κ2) is 9.67. The van der Waals surface area contributed by atoms with E-state index in [4.69, 9.17) is 4.74 Å². The van der Waals surface area contributed by atoms with Gasteiger partial charge >= 0.3 is 0 Å². The first-order valence-corrected chi connectivity index (χ1v) is 9.86. The number of ether oxygens (including phenoxy) is 1. The molecule has 144 valence electrons. The van der Waals surface area contributed by atoms with Crippen LogP contribution in [0.5, 0.6) is 0 Å². The molecule has 1 heterocycles. The van der Waals surface area contributed by atoms with E-state index in [0.29, 0.717) is 6.61 Å². The molecular formula is C23H30N2O2. The summed E-state index contributed by atoms with van der Waals surface area (Å²) in [5.41, 5.74) is 3.08. The van der Waals surface area contributed by atoms with Gasteiger partial charge in [0.05, 0.1) is 12.0 Å². The Labute approximate surface area is 162 Å². The number of hydrogen-bond donors (Lipinski definition) is 2. The molecule has 0 unspecified atom stereocenters. The van der Waals surface area contributed by atoms with Crippen molar-refractivity contribution in [3.63, 3.8) is 0 Å². The van der Waals surface area contributed by atoms with Crippen molar-refractivity contribution in [1.29, 1.82) is 0 Å². The smallest absolute Gasteiger partial charge is 0.233 e. The molecule has 0 radical (unpaired) electrons. The van der Waals surface area contributed by atoms with Gasteiger partial charge in [0, 0.05) is 12.8 Å². The van der Waals surface area contributed by atoms with Crippen LogP contribution in [0.15, 0.2) is 54.6 Å². The minimum absolute atomic E-state index is 0.0762. The number of amides is 1. The Morgan fingerprint density at radius 2 is 1.74 bits per heavy atom. The highest BCUT2D eigenvalue weighted by Gasteiger charge is 2.39. The van der Waals surface area contributed by atoms with Gasteiger partial charge in [-0.1, -0.05) is 42.5 Å². The topological polar surface area (TPSA) is 50.4 Å². The lowest BCUT2D eigenvalue weighted by atomic mass is 9.78. The minimum Gasteiger partial charge on any atom is -0.384 e. The molecule has 2 aromatic carbocycles. The van der Waals surface area contributed by atoms with Crippen molar-refractivity contribution >= 4 is 11.6 Å². The van der Waals surface area contributed by atoms with Crippen LogP contribution in [0.4, 0.5) is 5.69 Å². The molecule has 0 spiro atoms. The molecule has 1 fully saturated rings. The van der Waals surface area contributed by atoms with E-state index >= 15 is 0 Å². The maximum atomic E-state index is 13.0. The van der Waals surface area contributed by atoms with Gasteiger partial charge in [0.2, 0.25) is 5.91 Å². The molecule has 2 aromatic rings. The molecule has 1 aliphatic rings. The summed E-state index contributed by atoms with van der Waals surface area (Å²) in [7, 11) is 1.67. The van der Waals surface area contributed by atoms with Crippen LogP contribution in [0.1, 0.15) is 30.4 Å². The maximum absolute atomic E-state index is 13.0. The van der Waals surface area contributed by atoms with E-state index in [9.17, 15) is 4.79 Å². The van der Waals surface area contributed by atoms with Crippen molar-refractivity contribution in [2.75, 3.05) is 32.1 Å². The first-order valence-electron chi connectivity index (χ1n) is 9.86. The molecule has 27 heavy (non-hydrogen) atoms. The summed E-state index contributed by atoms with van der Waals surface area (Å²) < 4.78 is 5.37. The Morgan fingerprint density at radius 1 is 1.04 bits per heavy atom. The monoisotopic (exact) mass is 366 g/mol. The fourth-order valence-electron chi connectivity index (χ4n) is 3.83. The molecule has 0 atom stereocenters. The fraction of sp³-hybridized carbons (Fsp3) is 0.435. The van der Waals surface area contributed by atoms with Crippen LogP contribution in [-0.4, -0.2) is 32.7 Å². The van der Waals surface area contributed by atoms with Crippen LogP contribution in [0.3, 0.4) is 0 Å². The van der Waals surface area contributed by atoms with E-state index < -0.39 is 5.41 Å². The molecule has 0 aromatic heterocycles. The maximum Gasteiger partial charge on any atom is 0.233 e. The predicted molar refractivity (Wildman–Crippen MR) is 110 cm³/mol. The molecule has 1 saturated heterocycles. The molecule has 4 nitrogen and oxygen atoms in total. The molecule has 0 saturated carbocycles. The quantitative estimate of drug-likeness (QED) is 0.747. The van der Waals surface area contributed by atoms with Crippen molar-refractivity contribution in [3.05, 3.63) is 65.7 Å². The molecule has 0 aliphatic carbocycles. The van der Waals surface area contributed by atoms with Gasteiger partial charge < -0.3 is 15.4 Å². The summed E-state index contributed by atoms with van der Waals surface area (Å²) in [6.45, 7) is 2.18. The highest BCUT2D eigenvalue weighted by molar-refractivity contribution is 5.95. The lowest BCUT2D eigenvalue weighted by molar-refractivity contribution is -0.130. The summed E-state index contributed by atoms with van der Waals surface area (Å²) in [4.78, 5) is 13.0. The normalized spacial score (nSPS) is 16.0. The molecule has 1 aliphatic heterocycles. The molecule has 2 N–H and O–H groups in total. The summed E-state index contributed by atoms with van der Waals surface area (Å²) in [5, 5.41) is 6.47. The van der Waals surface area contributed by atoms with Crippen LogP contribution in [0.2, 0.25) is 0 Å². The number of piperidine rings is 1. The van der Waals surface area contributed by atoms with Crippen molar-refractivity contribution < 1.29 is 9.53 Å². The predicted octanol–water partition coefficient (Wildman–Crippen LogP) is 3.82. The highest BCUT2D eigenvalue weighted by Crippen LogP contribution is 2.31. The summed E-state index contributed by atoms with van der Waals surface area (Å²) in [6, 6.07) is 18.8. The van der Waals surface area contributed by atoms with Gasteiger partial charge in [0.15, 0.2) is 0 Å². The Hall–Kier alpha value is -2.17. The largest absolute Gasteiger partial charge is 0.384 e. The second-order valence-electron chi connectivity index (χ2n) is 7.46. The van der Waals surface area contributed by atoms with Crippen LogP contribution < -0.4 is 10.6 Å². The number of hydrogen-bond acceptors (Lipinski definition) is 3. The molecular weight excluding hydrogens is 336 g/mol. The molecule has 1 amide bonds. The van der Waals surface area contributed by atoms with Crippen molar-refractivity contribution in [3.8, 4) is 0 Å². The van der Waals surface area contributed by atoms with E-state index in [0.717, 1.165) is 50.9 Å². The molecule has 3 rings (SSSR count). The van der Waals surface area contributed by atoms with Crippen molar-refractivity contribution in [2.24, 2.45) is 5.41 Å². The number of benzene rings is 2. The van der Waals surface area contributed by atoms with Crippen molar-refractivity contribution in [2.45, 2.75) is 32.1 Å². The van der Waals surface area contributed by atoms with E-state index in [-0.39, 0.29) is 5.91 Å². The zero-order valence-corrected chi connectivity index (χ0v) is 16.2. The zero-order chi connectivity index (χ0) is 19.0. The number of rotatable bonds is 8. The number of anilines is 1. The Balaban J connectivity index is 1.58. The number of methoxy groups -OCH3 is 1. The number of carbonyl (C=O) groups excluding carboxylic acids is 1. The average molecular weight is 367 g/mol. The summed E-state index contributed by atoms with van der Waals surface area (Å²) in [5.74, 6) is 0.0762. The second-order valence-corrected chi connectivity index (χ2v) is 7.46. The third-order valence-electron chi connectivity index (χ3n) is 5.42. The Bertz CT molecular complexity index is 719. The lowest BCUT2D eigenvalue weighted by Crippen LogP contribution is -2.47. The van der Waals surface area contributed by atoms with Gasteiger partial charge in [0.1, 0.15) is 0 Å². The van der Waals surface area contributed by atoms with Gasteiger partial charge in [0.25, 0.3) is 0 Å². The average Bonchev–Trinajstić information content (AvgIpc) is 2.70. The van der Waals surface area contributed by atoms with Gasteiger partial charge in [-0.3, -0.25) is 4.79 Å². The summed E-state index contributed by atoms with van der Waals surface area (Å²) >= 11 is 0. The first kappa shape index (κ1) is 19.6. The van der Waals surface area contributed by atoms with E-state index in [1.165, 1.54) is 11.1 Å². The molecule has 4 heteroatoms. The van der Waals surface area contributed by atoms with Gasteiger partial charge in [-0.05, 0) is 68.5 Å². The zero-order valence-electron chi connectivity index (χ0n) is 16.2. The minimum atomic E-state index is -0.427. The third kappa shape index (κ3) is 5.41. The van der Waals surface area contributed by atoms with E-state index in [2.05, 4.69) is 47.0 Å². The van der Waals surface area contributed by atoms with Crippen molar-refractivity contribution in [1.82, 2.24) is 5.32 Å². The van der Waals surface area contributed by atoms with Crippen LogP contribution >= 0.6 is 0 Å². The third-order valence-corrected chi connectivity index (χ3v) is 5.42. The van der Waals surface area contributed by atoms with E-state index in [1.54, 1.807) is 7.11 Å². The van der Waals surface area contributed by atoms with Crippen LogP contribution in [-0.2, 0) is 22.4 Å². The molecule has 0 bridgehead atoms. The number of aryl methyl sites for hydroxylation is 2. The Morgan fingerprint density at radius 3 is 2.48 bits per heavy atom. The fourth-order valence-corrected chi connectivity index (χ4v) is 3.83. The number of nitrogens with one attached hydrogen (secondary N) is 2. The van der Waals surface area contributed by atoms with Crippen LogP contribution in [0, 0.1) is 5.41 Å². The number of carbonyl (C=O) groups is 1. The summed E-state index contributed by atoms with van der Waals surface area (Å²) in [6.07, 6.45) is 4.79. The van der Waals surface area contributed by atoms with Gasteiger partial charge in [-0.2, -0.15) is 0 Å². The van der Waals surface area contributed by atoms with Gasteiger partial charge in [-0.15, -0.1) is 0 Å².